The molecular weight excluding hydrogens is 440 g/mol. The molecule has 1 N–H and O–H groups in total. The van der Waals surface area contributed by atoms with Crippen molar-refractivity contribution in [2.75, 3.05) is 17.3 Å². The van der Waals surface area contributed by atoms with Gasteiger partial charge in [0.15, 0.2) is 0 Å². The molecule has 0 spiro atoms. The van der Waals surface area contributed by atoms with Crippen molar-refractivity contribution in [3.05, 3.63) is 89.1 Å². The SMILES string of the molecule is COc1ccc(NC2=C(c3ccccc3)C(=O)N(c3ccc(OC(C)C)cc3)C2=O)cc1Cl. The highest BCUT2D eigenvalue weighted by Gasteiger charge is 2.40. The van der Waals surface area contributed by atoms with Gasteiger partial charge in [-0.1, -0.05) is 41.9 Å². The Morgan fingerprint density at radius 1 is 0.909 bits per heavy atom. The lowest BCUT2D eigenvalue weighted by atomic mass is 10.0. The molecule has 0 fully saturated rings. The second-order valence-corrected chi connectivity index (χ2v) is 8.10. The number of ether oxygens (including phenoxy) is 2. The number of anilines is 2. The zero-order valence-corrected chi connectivity index (χ0v) is 19.2. The summed E-state index contributed by atoms with van der Waals surface area (Å²) in [6.45, 7) is 3.86. The maximum Gasteiger partial charge on any atom is 0.282 e. The number of methoxy groups -OCH3 is 1. The smallest absolute Gasteiger partial charge is 0.282 e. The van der Waals surface area contributed by atoms with Crippen LogP contribution in [0.2, 0.25) is 5.02 Å². The van der Waals surface area contributed by atoms with E-state index in [2.05, 4.69) is 5.32 Å². The molecule has 2 amide bonds. The molecule has 0 bridgehead atoms. The van der Waals surface area contributed by atoms with E-state index in [0.717, 1.165) is 4.90 Å². The maximum absolute atomic E-state index is 13.5. The summed E-state index contributed by atoms with van der Waals surface area (Å²) in [6, 6.07) is 21.1. The number of amides is 2. The lowest BCUT2D eigenvalue weighted by Crippen LogP contribution is -2.32. The number of carbonyl (C=O) groups is 2. The molecule has 0 saturated heterocycles. The highest BCUT2D eigenvalue weighted by Crippen LogP contribution is 2.35. The van der Waals surface area contributed by atoms with Crippen LogP contribution in [0.4, 0.5) is 11.4 Å². The minimum Gasteiger partial charge on any atom is -0.495 e. The molecule has 7 heteroatoms. The van der Waals surface area contributed by atoms with Gasteiger partial charge >= 0.3 is 0 Å². The van der Waals surface area contributed by atoms with E-state index < -0.39 is 11.8 Å². The average Bonchev–Trinajstić information content (AvgIpc) is 3.04. The second-order valence-electron chi connectivity index (χ2n) is 7.70. The van der Waals surface area contributed by atoms with E-state index in [-0.39, 0.29) is 17.4 Å². The summed E-state index contributed by atoms with van der Waals surface area (Å²) in [5.74, 6) is 0.308. The van der Waals surface area contributed by atoms with Gasteiger partial charge in [-0.25, -0.2) is 4.90 Å². The van der Waals surface area contributed by atoms with Crippen molar-refractivity contribution in [2.24, 2.45) is 0 Å². The molecule has 0 saturated carbocycles. The molecule has 0 atom stereocenters. The van der Waals surface area contributed by atoms with Crippen molar-refractivity contribution >= 4 is 40.4 Å². The first-order valence-electron chi connectivity index (χ1n) is 10.4. The highest BCUT2D eigenvalue weighted by atomic mass is 35.5. The van der Waals surface area contributed by atoms with Gasteiger partial charge in [0.1, 0.15) is 17.2 Å². The molecule has 1 aliphatic heterocycles. The summed E-state index contributed by atoms with van der Waals surface area (Å²) in [6.07, 6.45) is 0.0179. The van der Waals surface area contributed by atoms with Gasteiger partial charge < -0.3 is 14.8 Å². The molecule has 3 aromatic carbocycles. The number of rotatable bonds is 7. The third-order valence-corrected chi connectivity index (χ3v) is 5.33. The number of imide groups is 1. The summed E-state index contributed by atoms with van der Waals surface area (Å²) in [5, 5.41) is 3.49. The standard InChI is InChI=1S/C26H23ClN2O4/c1-16(2)33-20-12-10-19(11-13-20)29-25(30)23(17-7-5-4-6-8-17)24(26(29)31)28-18-9-14-22(32-3)21(27)15-18/h4-16,28H,1-3H3. The van der Waals surface area contributed by atoms with E-state index in [1.165, 1.54) is 7.11 Å². The zero-order valence-electron chi connectivity index (χ0n) is 18.5. The van der Waals surface area contributed by atoms with Gasteiger partial charge in [-0.15, -0.1) is 0 Å². The van der Waals surface area contributed by atoms with Crippen molar-refractivity contribution in [3.8, 4) is 11.5 Å². The number of benzene rings is 3. The van der Waals surface area contributed by atoms with Gasteiger partial charge in [0.25, 0.3) is 11.8 Å². The van der Waals surface area contributed by atoms with Crippen LogP contribution in [-0.4, -0.2) is 25.0 Å². The first kappa shape index (κ1) is 22.4. The Morgan fingerprint density at radius 2 is 1.61 bits per heavy atom. The quantitative estimate of drug-likeness (QED) is 0.467. The van der Waals surface area contributed by atoms with Crippen molar-refractivity contribution < 1.29 is 19.1 Å². The average molecular weight is 463 g/mol. The van der Waals surface area contributed by atoms with Crippen molar-refractivity contribution in [2.45, 2.75) is 20.0 Å². The van der Waals surface area contributed by atoms with E-state index in [9.17, 15) is 9.59 Å². The molecule has 1 aliphatic rings. The molecule has 0 aliphatic carbocycles. The van der Waals surface area contributed by atoms with Crippen molar-refractivity contribution in [1.82, 2.24) is 0 Å². The monoisotopic (exact) mass is 462 g/mol. The predicted molar refractivity (Wildman–Crippen MR) is 130 cm³/mol. The Hall–Kier alpha value is -3.77. The molecule has 6 nitrogen and oxygen atoms in total. The second kappa shape index (κ2) is 9.38. The summed E-state index contributed by atoms with van der Waals surface area (Å²) >= 11 is 6.25. The summed E-state index contributed by atoms with van der Waals surface area (Å²) in [4.78, 5) is 28.1. The van der Waals surface area contributed by atoms with Gasteiger partial charge in [-0.2, -0.15) is 0 Å². The van der Waals surface area contributed by atoms with Crippen LogP contribution in [0.15, 0.2) is 78.5 Å². The Bertz CT molecular complexity index is 1220. The maximum atomic E-state index is 13.5. The van der Waals surface area contributed by atoms with Crippen LogP contribution < -0.4 is 19.7 Å². The summed E-state index contributed by atoms with van der Waals surface area (Å²) in [7, 11) is 1.53. The third-order valence-electron chi connectivity index (χ3n) is 5.03. The van der Waals surface area contributed by atoms with E-state index in [1.54, 1.807) is 54.6 Å². The molecule has 0 radical (unpaired) electrons. The predicted octanol–water partition coefficient (Wildman–Crippen LogP) is 5.53. The summed E-state index contributed by atoms with van der Waals surface area (Å²) in [5.41, 5.74) is 2.12. The lowest BCUT2D eigenvalue weighted by molar-refractivity contribution is -0.120. The van der Waals surface area contributed by atoms with Crippen LogP contribution in [0, 0.1) is 0 Å². The van der Waals surface area contributed by atoms with Crippen LogP contribution in [-0.2, 0) is 9.59 Å². The number of hydrogen-bond acceptors (Lipinski definition) is 5. The number of nitrogens with one attached hydrogen (secondary N) is 1. The minimum absolute atomic E-state index is 0.0179. The largest absolute Gasteiger partial charge is 0.495 e. The topological polar surface area (TPSA) is 67.9 Å². The van der Waals surface area contributed by atoms with Gasteiger partial charge in [0.2, 0.25) is 0 Å². The van der Waals surface area contributed by atoms with Crippen molar-refractivity contribution in [1.29, 1.82) is 0 Å². The van der Waals surface area contributed by atoms with Crippen LogP contribution in [0.25, 0.3) is 5.57 Å². The number of hydrogen-bond donors (Lipinski definition) is 1. The van der Waals surface area contributed by atoms with Crippen LogP contribution in [0.1, 0.15) is 19.4 Å². The van der Waals surface area contributed by atoms with E-state index in [4.69, 9.17) is 21.1 Å². The fraction of sp³-hybridized carbons (Fsp3) is 0.154. The van der Waals surface area contributed by atoms with Gasteiger partial charge in [0.05, 0.1) is 29.5 Å². The first-order chi connectivity index (χ1) is 15.9. The Labute approximate surface area is 197 Å². The molecule has 4 rings (SSSR count). The lowest BCUT2D eigenvalue weighted by Gasteiger charge is -2.17. The van der Waals surface area contributed by atoms with Crippen molar-refractivity contribution in [3.63, 3.8) is 0 Å². The van der Waals surface area contributed by atoms with Crippen LogP contribution >= 0.6 is 11.6 Å². The molecule has 3 aromatic rings. The van der Waals surface area contributed by atoms with Crippen LogP contribution in [0.5, 0.6) is 11.5 Å². The molecule has 0 aromatic heterocycles. The third kappa shape index (κ3) is 4.56. The highest BCUT2D eigenvalue weighted by molar-refractivity contribution is 6.46. The summed E-state index contributed by atoms with van der Waals surface area (Å²) < 4.78 is 10.9. The fourth-order valence-electron chi connectivity index (χ4n) is 3.59. The number of halogens is 1. The van der Waals surface area contributed by atoms with Gasteiger partial charge in [-0.05, 0) is 61.9 Å². The van der Waals surface area contributed by atoms with Gasteiger partial charge in [-0.3, -0.25) is 9.59 Å². The molecule has 33 heavy (non-hydrogen) atoms. The first-order valence-corrected chi connectivity index (χ1v) is 10.8. The normalized spacial score (nSPS) is 13.7. The van der Waals surface area contributed by atoms with Crippen LogP contribution in [0.3, 0.4) is 0 Å². The minimum atomic E-state index is -0.455. The Kier molecular flexibility index (Phi) is 6.38. The van der Waals surface area contributed by atoms with Gasteiger partial charge in [0, 0.05) is 5.69 Å². The fourth-order valence-corrected chi connectivity index (χ4v) is 3.84. The molecule has 168 valence electrons. The number of carbonyl (C=O) groups excluding carboxylic acids is 2. The van der Waals surface area contributed by atoms with E-state index in [0.29, 0.717) is 33.5 Å². The molecular formula is C26H23ClN2O4. The van der Waals surface area contributed by atoms with E-state index in [1.807, 2.05) is 32.0 Å². The molecule has 1 heterocycles. The Morgan fingerprint density at radius 3 is 2.21 bits per heavy atom. The Balaban J connectivity index is 1.73. The van der Waals surface area contributed by atoms with E-state index >= 15 is 0 Å². The molecule has 0 unspecified atom stereocenters. The zero-order chi connectivity index (χ0) is 23.5. The number of nitrogens with zero attached hydrogens (tertiary/aromatic N) is 1.